The molecule has 120 valence electrons. The first kappa shape index (κ1) is 15.7. The van der Waals surface area contributed by atoms with E-state index in [1.165, 1.54) is 11.1 Å². The van der Waals surface area contributed by atoms with Crippen molar-refractivity contribution in [1.29, 1.82) is 0 Å². The number of carbonyl (C=O) groups excluding carboxylic acids is 1. The molecular weight excluding hydrogens is 312 g/mol. The van der Waals surface area contributed by atoms with Gasteiger partial charge in [0.05, 0.1) is 5.75 Å². The van der Waals surface area contributed by atoms with Crippen LogP contribution in [0.3, 0.4) is 0 Å². The number of rotatable bonds is 4. The Morgan fingerprint density at radius 2 is 1.74 bits per heavy atom. The van der Waals surface area contributed by atoms with Gasteiger partial charge in [-0.3, -0.25) is 4.79 Å². The molecule has 0 unspecified atom stereocenters. The number of carbonyl (C=O) groups is 1. The average Bonchev–Trinajstić information content (AvgIpc) is 2.95. The Morgan fingerprint density at radius 3 is 2.43 bits per heavy atom. The Kier molecular flexibility index (Phi) is 4.19. The van der Waals surface area contributed by atoms with Crippen LogP contribution in [0.15, 0.2) is 42.5 Å². The summed E-state index contributed by atoms with van der Waals surface area (Å²) < 4.78 is 22.1. The minimum Gasteiger partial charge on any atom is -0.322 e. The van der Waals surface area contributed by atoms with Gasteiger partial charge in [-0.15, -0.1) is 0 Å². The van der Waals surface area contributed by atoms with E-state index in [9.17, 15) is 13.2 Å². The lowest BCUT2D eigenvalue weighted by atomic mass is 10.1. The summed E-state index contributed by atoms with van der Waals surface area (Å²) in [5.41, 5.74) is 4.42. The van der Waals surface area contributed by atoms with Gasteiger partial charge in [0.1, 0.15) is 0 Å². The van der Waals surface area contributed by atoms with Gasteiger partial charge in [-0.25, -0.2) is 13.6 Å². The summed E-state index contributed by atoms with van der Waals surface area (Å²) in [6, 6.07) is 12.4. The van der Waals surface area contributed by atoms with Crippen LogP contribution in [0.25, 0.3) is 0 Å². The van der Waals surface area contributed by atoms with Crippen molar-refractivity contribution in [3.63, 3.8) is 0 Å². The van der Waals surface area contributed by atoms with Crippen LogP contribution in [0.4, 0.5) is 5.69 Å². The smallest absolute Gasteiger partial charge is 0.255 e. The molecule has 0 heterocycles. The Balaban J connectivity index is 1.70. The number of benzene rings is 2. The average molecular weight is 330 g/mol. The molecule has 0 bridgehead atoms. The first-order valence-corrected chi connectivity index (χ1v) is 9.15. The van der Waals surface area contributed by atoms with Gasteiger partial charge in [0.25, 0.3) is 5.91 Å². The third-order valence-corrected chi connectivity index (χ3v) is 4.68. The zero-order chi connectivity index (χ0) is 16.4. The zero-order valence-corrected chi connectivity index (χ0v) is 13.4. The highest BCUT2D eigenvalue weighted by atomic mass is 32.2. The maximum absolute atomic E-state index is 12.3. The van der Waals surface area contributed by atoms with E-state index in [4.69, 9.17) is 5.14 Å². The molecule has 0 atom stereocenters. The topological polar surface area (TPSA) is 89.3 Å². The number of hydrogen-bond donors (Lipinski definition) is 2. The number of nitrogens with one attached hydrogen (secondary N) is 1. The maximum atomic E-state index is 12.3. The van der Waals surface area contributed by atoms with Gasteiger partial charge in [0, 0.05) is 11.3 Å². The van der Waals surface area contributed by atoms with Crippen molar-refractivity contribution >= 4 is 21.6 Å². The van der Waals surface area contributed by atoms with Crippen molar-refractivity contribution in [3.8, 4) is 0 Å². The molecule has 3 rings (SSSR count). The van der Waals surface area contributed by atoms with Crippen molar-refractivity contribution < 1.29 is 13.2 Å². The fraction of sp³-hybridized carbons (Fsp3) is 0.235. The number of nitrogens with two attached hydrogens (primary N) is 1. The van der Waals surface area contributed by atoms with E-state index < -0.39 is 10.0 Å². The molecule has 0 radical (unpaired) electrons. The molecule has 1 amide bonds. The van der Waals surface area contributed by atoms with Gasteiger partial charge < -0.3 is 5.32 Å². The molecule has 2 aromatic carbocycles. The van der Waals surface area contributed by atoms with Crippen LogP contribution in [0.2, 0.25) is 0 Å². The Morgan fingerprint density at radius 1 is 1.04 bits per heavy atom. The molecule has 0 spiro atoms. The standard InChI is InChI=1S/C17H18N2O3S/c18-23(21,22)11-12-4-8-16(9-5-12)19-17(20)15-7-6-13-2-1-3-14(13)10-15/h4-10H,1-3,11H2,(H,19,20)(H2,18,21,22). The first-order valence-electron chi connectivity index (χ1n) is 7.43. The lowest BCUT2D eigenvalue weighted by Crippen LogP contribution is -2.15. The molecule has 23 heavy (non-hydrogen) atoms. The highest BCUT2D eigenvalue weighted by molar-refractivity contribution is 7.88. The SMILES string of the molecule is NS(=O)(=O)Cc1ccc(NC(=O)c2ccc3c(c2)CCC3)cc1. The molecule has 2 aromatic rings. The molecule has 1 aliphatic rings. The third kappa shape index (κ3) is 3.97. The highest BCUT2D eigenvalue weighted by Gasteiger charge is 2.14. The molecule has 0 fully saturated rings. The summed E-state index contributed by atoms with van der Waals surface area (Å²) in [5, 5.41) is 7.83. The van der Waals surface area contributed by atoms with E-state index in [0.29, 0.717) is 16.8 Å². The summed E-state index contributed by atoms with van der Waals surface area (Å²) >= 11 is 0. The fourth-order valence-corrected chi connectivity index (χ4v) is 3.49. The number of amides is 1. The van der Waals surface area contributed by atoms with Crippen molar-refractivity contribution in [2.75, 3.05) is 5.32 Å². The maximum Gasteiger partial charge on any atom is 0.255 e. The molecule has 6 heteroatoms. The Hall–Kier alpha value is -2.18. The number of aryl methyl sites for hydroxylation is 2. The van der Waals surface area contributed by atoms with Crippen molar-refractivity contribution in [3.05, 3.63) is 64.7 Å². The van der Waals surface area contributed by atoms with E-state index in [2.05, 4.69) is 5.32 Å². The monoisotopic (exact) mass is 330 g/mol. The second-order valence-corrected chi connectivity index (χ2v) is 7.41. The molecule has 1 aliphatic carbocycles. The van der Waals surface area contributed by atoms with Crippen molar-refractivity contribution in [2.24, 2.45) is 5.14 Å². The number of sulfonamides is 1. The zero-order valence-electron chi connectivity index (χ0n) is 12.6. The summed E-state index contributed by atoms with van der Waals surface area (Å²) in [5.74, 6) is -0.384. The number of fused-ring (bicyclic) bond motifs is 1. The van der Waals surface area contributed by atoms with Crippen LogP contribution in [-0.2, 0) is 28.6 Å². The largest absolute Gasteiger partial charge is 0.322 e. The van der Waals surface area contributed by atoms with Gasteiger partial charge in [0.15, 0.2) is 0 Å². The Bertz CT molecular complexity index is 843. The number of hydrogen-bond acceptors (Lipinski definition) is 3. The summed E-state index contributed by atoms with van der Waals surface area (Å²) in [6.45, 7) is 0. The van der Waals surface area contributed by atoms with Gasteiger partial charge in [-0.2, -0.15) is 0 Å². The second kappa shape index (κ2) is 6.14. The Labute approximate surface area is 135 Å². The van der Waals surface area contributed by atoms with Gasteiger partial charge in [-0.05, 0) is 60.2 Å². The number of anilines is 1. The molecule has 0 aromatic heterocycles. The fourth-order valence-electron chi connectivity index (χ4n) is 2.83. The lowest BCUT2D eigenvalue weighted by molar-refractivity contribution is 0.102. The summed E-state index contributed by atoms with van der Waals surface area (Å²) in [4.78, 5) is 12.3. The summed E-state index contributed by atoms with van der Waals surface area (Å²) in [6.07, 6.45) is 3.26. The highest BCUT2D eigenvalue weighted by Crippen LogP contribution is 2.23. The quantitative estimate of drug-likeness (QED) is 0.901. The van der Waals surface area contributed by atoms with Crippen LogP contribution < -0.4 is 10.5 Å². The minimum atomic E-state index is -3.55. The van der Waals surface area contributed by atoms with Crippen LogP contribution in [0, 0.1) is 0 Å². The predicted octanol–water partition coefficient (Wildman–Crippen LogP) is 2.22. The molecular formula is C17H18N2O3S. The lowest BCUT2D eigenvalue weighted by Gasteiger charge is -2.08. The third-order valence-electron chi connectivity index (χ3n) is 3.94. The van der Waals surface area contributed by atoms with E-state index >= 15 is 0 Å². The van der Waals surface area contributed by atoms with E-state index in [-0.39, 0.29) is 11.7 Å². The normalized spacial score (nSPS) is 13.6. The van der Waals surface area contributed by atoms with Crippen LogP contribution in [0.5, 0.6) is 0 Å². The van der Waals surface area contributed by atoms with Crippen LogP contribution in [-0.4, -0.2) is 14.3 Å². The first-order chi connectivity index (χ1) is 10.9. The van der Waals surface area contributed by atoms with E-state index in [1.807, 2.05) is 18.2 Å². The van der Waals surface area contributed by atoms with Gasteiger partial charge >= 0.3 is 0 Å². The molecule has 3 N–H and O–H groups in total. The van der Waals surface area contributed by atoms with Crippen molar-refractivity contribution in [1.82, 2.24) is 0 Å². The van der Waals surface area contributed by atoms with E-state index in [1.54, 1.807) is 24.3 Å². The molecule has 0 saturated heterocycles. The number of primary sulfonamides is 1. The second-order valence-electron chi connectivity index (χ2n) is 5.80. The molecule has 0 saturated carbocycles. The van der Waals surface area contributed by atoms with Crippen LogP contribution in [0.1, 0.15) is 33.5 Å². The van der Waals surface area contributed by atoms with E-state index in [0.717, 1.165) is 19.3 Å². The van der Waals surface area contributed by atoms with Gasteiger partial charge in [-0.1, -0.05) is 18.2 Å². The predicted molar refractivity (Wildman–Crippen MR) is 89.7 cm³/mol. The van der Waals surface area contributed by atoms with Gasteiger partial charge in [0.2, 0.25) is 10.0 Å². The minimum absolute atomic E-state index is 0.168. The molecule has 0 aliphatic heterocycles. The summed E-state index contributed by atoms with van der Waals surface area (Å²) in [7, 11) is -3.55. The molecule has 5 nitrogen and oxygen atoms in total. The van der Waals surface area contributed by atoms with Crippen LogP contribution >= 0.6 is 0 Å². The van der Waals surface area contributed by atoms with Crippen molar-refractivity contribution in [2.45, 2.75) is 25.0 Å².